The molecule has 0 N–H and O–H groups in total. The fraction of sp³-hybridized carbons (Fsp3) is 0.538. The van der Waals surface area contributed by atoms with Crippen LogP contribution >= 0.6 is 0 Å². The molecule has 0 nitrogen and oxygen atoms in total. The van der Waals surface area contributed by atoms with Gasteiger partial charge in [0.25, 0.3) is 0 Å². The van der Waals surface area contributed by atoms with E-state index in [1.807, 2.05) is 0 Å². The van der Waals surface area contributed by atoms with Crippen LogP contribution in [-0.4, -0.2) is 0 Å². The van der Waals surface area contributed by atoms with Gasteiger partial charge in [-0.25, -0.2) is 8.78 Å². The zero-order valence-corrected chi connectivity index (χ0v) is 9.40. The second-order valence-electron chi connectivity index (χ2n) is 5.49. The Hall–Kier alpha value is -0.920. The van der Waals surface area contributed by atoms with E-state index in [1.165, 1.54) is 12.1 Å². The highest BCUT2D eigenvalue weighted by atomic mass is 19.1. The summed E-state index contributed by atoms with van der Waals surface area (Å²) in [5.74, 6) is -0.943. The van der Waals surface area contributed by atoms with Crippen LogP contribution in [0.15, 0.2) is 18.2 Å². The summed E-state index contributed by atoms with van der Waals surface area (Å²) in [5, 5.41) is 0. The maximum atomic E-state index is 13.1. The average molecular weight is 210 g/mol. The van der Waals surface area contributed by atoms with Crippen molar-refractivity contribution in [3.05, 3.63) is 35.4 Å². The smallest absolute Gasteiger partial charge is 0.126 e. The highest BCUT2D eigenvalue weighted by Gasteiger charge is 2.53. The number of hydrogen-bond donors (Lipinski definition) is 0. The highest BCUT2D eigenvalue weighted by molar-refractivity contribution is 5.34. The Labute approximate surface area is 89.3 Å². The van der Waals surface area contributed by atoms with E-state index in [0.29, 0.717) is 0 Å². The molecule has 0 spiro atoms. The number of benzene rings is 1. The summed E-state index contributed by atoms with van der Waals surface area (Å²) in [6, 6.07) is 3.88. The first-order valence-corrected chi connectivity index (χ1v) is 5.32. The summed E-state index contributed by atoms with van der Waals surface area (Å²) >= 11 is 0. The molecule has 1 fully saturated rings. The maximum absolute atomic E-state index is 13.1. The Balaban J connectivity index is 2.46. The van der Waals surface area contributed by atoms with Crippen LogP contribution in [0.2, 0.25) is 0 Å². The van der Waals surface area contributed by atoms with Gasteiger partial charge in [-0.2, -0.15) is 0 Å². The summed E-state index contributed by atoms with van der Waals surface area (Å²) in [6.45, 7) is 6.38. The van der Waals surface area contributed by atoms with Crippen molar-refractivity contribution in [2.45, 2.75) is 39.0 Å². The Kier molecular flexibility index (Phi) is 2.14. The maximum Gasteiger partial charge on any atom is 0.126 e. The van der Waals surface area contributed by atoms with E-state index in [2.05, 4.69) is 20.8 Å². The van der Waals surface area contributed by atoms with Crippen molar-refractivity contribution >= 4 is 0 Å². The molecule has 0 bridgehead atoms. The van der Waals surface area contributed by atoms with Crippen molar-refractivity contribution in [1.82, 2.24) is 0 Å². The van der Waals surface area contributed by atoms with Crippen molar-refractivity contribution in [3.63, 3.8) is 0 Å². The van der Waals surface area contributed by atoms with E-state index in [0.717, 1.165) is 24.5 Å². The summed E-state index contributed by atoms with van der Waals surface area (Å²) in [5.41, 5.74) is 0.857. The van der Waals surface area contributed by atoms with E-state index >= 15 is 0 Å². The first-order valence-electron chi connectivity index (χ1n) is 5.32. The Morgan fingerprint density at radius 1 is 1.00 bits per heavy atom. The lowest BCUT2D eigenvalue weighted by Crippen LogP contribution is -2.26. The Bertz CT molecular complexity index is 364. The number of rotatable bonds is 1. The SMILES string of the molecule is CC(C)(C)C1(c2cc(F)cc(F)c2)CC1. The predicted molar refractivity (Wildman–Crippen MR) is 56.7 cm³/mol. The predicted octanol–water partition coefficient (Wildman–Crippen LogP) is 4.04. The van der Waals surface area contributed by atoms with Crippen LogP contribution in [0.1, 0.15) is 39.2 Å². The lowest BCUT2D eigenvalue weighted by Gasteiger charge is -2.31. The summed E-state index contributed by atoms with van der Waals surface area (Å²) in [4.78, 5) is 0. The van der Waals surface area contributed by atoms with Gasteiger partial charge in [0.1, 0.15) is 11.6 Å². The van der Waals surface area contributed by atoms with E-state index in [-0.39, 0.29) is 10.8 Å². The van der Waals surface area contributed by atoms with Gasteiger partial charge in [-0.1, -0.05) is 20.8 Å². The van der Waals surface area contributed by atoms with Crippen LogP contribution in [0, 0.1) is 17.0 Å². The standard InChI is InChI=1S/C13H16F2/c1-12(2,3)13(4-5-13)9-6-10(14)8-11(15)7-9/h6-8H,4-5H2,1-3H3. The quantitative estimate of drug-likeness (QED) is 0.656. The van der Waals surface area contributed by atoms with E-state index in [9.17, 15) is 8.78 Å². The van der Waals surface area contributed by atoms with Gasteiger partial charge in [-0.05, 0) is 36.0 Å². The molecule has 1 aliphatic carbocycles. The molecule has 0 heterocycles. The molecule has 2 rings (SSSR count). The minimum absolute atomic E-state index is 0.0179. The molecule has 2 heteroatoms. The molecule has 82 valence electrons. The second-order valence-corrected chi connectivity index (χ2v) is 5.49. The van der Waals surface area contributed by atoms with Gasteiger partial charge < -0.3 is 0 Å². The molecule has 0 amide bonds. The van der Waals surface area contributed by atoms with Crippen LogP contribution < -0.4 is 0 Å². The second kappa shape index (κ2) is 3.03. The molecule has 0 aliphatic heterocycles. The van der Waals surface area contributed by atoms with Crippen LogP contribution in [-0.2, 0) is 5.41 Å². The first kappa shape index (κ1) is 10.6. The normalized spacial score (nSPS) is 19.0. The van der Waals surface area contributed by atoms with Gasteiger partial charge in [0.15, 0.2) is 0 Å². The molecule has 0 unspecified atom stereocenters. The highest BCUT2D eigenvalue weighted by Crippen LogP contribution is 2.59. The third kappa shape index (κ3) is 1.66. The van der Waals surface area contributed by atoms with Gasteiger partial charge >= 0.3 is 0 Å². The van der Waals surface area contributed by atoms with Crippen molar-refractivity contribution < 1.29 is 8.78 Å². The fourth-order valence-electron chi connectivity index (χ4n) is 2.43. The van der Waals surface area contributed by atoms with Crippen molar-refractivity contribution in [1.29, 1.82) is 0 Å². The summed E-state index contributed by atoms with van der Waals surface area (Å²) in [6.07, 6.45) is 2.05. The molecule has 0 radical (unpaired) electrons. The third-order valence-corrected chi connectivity index (χ3v) is 3.60. The van der Waals surface area contributed by atoms with E-state index < -0.39 is 11.6 Å². The van der Waals surface area contributed by atoms with Gasteiger partial charge in [0, 0.05) is 11.5 Å². The molecular weight excluding hydrogens is 194 g/mol. The summed E-state index contributed by atoms with van der Waals surface area (Å²) < 4.78 is 26.3. The van der Waals surface area contributed by atoms with E-state index in [1.54, 1.807) is 0 Å². The van der Waals surface area contributed by atoms with Crippen LogP contribution in [0.4, 0.5) is 8.78 Å². The first-order chi connectivity index (χ1) is 6.85. The average Bonchev–Trinajstić information content (AvgIpc) is 2.79. The Morgan fingerprint density at radius 2 is 1.47 bits per heavy atom. The molecule has 15 heavy (non-hydrogen) atoms. The monoisotopic (exact) mass is 210 g/mol. The Morgan fingerprint density at radius 3 is 1.80 bits per heavy atom. The lowest BCUT2D eigenvalue weighted by molar-refractivity contribution is 0.297. The lowest BCUT2D eigenvalue weighted by atomic mass is 9.73. The molecule has 0 aromatic heterocycles. The van der Waals surface area contributed by atoms with Gasteiger partial charge in [0.2, 0.25) is 0 Å². The van der Waals surface area contributed by atoms with Gasteiger partial charge in [-0.15, -0.1) is 0 Å². The zero-order chi connectivity index (χ0) is 11.3. The van der Waals surface area contributed by atoms with Crippen LogP contribution in [0.5, 0.6) is 0 Å². The van der Waals surface area contributed by atoms with Gasteiger partial charge in [-0.3, -0.25) is 0 Å². The molecule has 0 atom stereocenters. The van der Waals surface area contributed by atoms with Gasteiger partial charge in [0.05, 0.1) is 0 Å². The van der Waals surface area contributed by atoms with Crippen LogP contribution in [0.3, 0.4) is 0 Å². The van der Waals surface area contributed by atoms with Crippen molar-refractivity contribution in [2.75, 3.05) is 0 Å². The summed E-state index contributed by atoms with van der Waals surface area (Å²) in [7, 11) is 0. The molecule has 1 aliphatic rings. The van der Waals surface area contributed by atoms with E-state index in [4.69, 9.17) is 0 Å². The number of halogens is 2. The number of hydrogen-bond acceptors (Lipinski definition) is 0. The van der Waals surface area contributed by atoms with Crippen LogP contribution in [0.25, 0.3) is 0 Å². The molecule has 1 aromatic rings. The third-order valence-electron chi connectivity index (χ3n) is 3.60. The molecule has 0 saturated heterocycles. The minimum atomic E-state index is -0.472. The minimum Gasteiger partial charge on any atom is -0.207 e. The topological polar surface area (TPSA) is 0 Å². The van der Waals surface area contributed by atoms with Crippen molar-refractivity contribution in [2.24, 2.45) is 5.41 Å². The molecule has 1 saturated carbocycles. The zero-order valence-electron chi connectivity index (χ0n) is 9.40. The largest absolute Gasteiger partial charge is 0.207 e. The fourth-order valence-corrected chi connectivity index (χ4v) is 2.43. The van der Waals surface area contributed by atoms with Crippen molar-refractivity contribution in [3.8, 4) is 0 Å². The molecular formula is C13H16F2. The molecule has 1 aromatic carbocycles.